The standard InChI is InChI=1S/C6H8O2.Cl2HO4P/c1-3-5-8-6(7)4-2;1-5-7(3,4)6-2/h3-4H,1-2,5H2;(H,3,4). The summed E-state index contributed by atoms with van der Waals surface area (Å²) in [6.45, 7) is 6.81. The third kappa shape index (κ3) is 13.6. The van der Waals surface area contributed by atoms with E-state index in [4.69, 9.17) is 4.89 Å². The highest BCUT2D eigenvalue weighted by atomic mass is 35.5. The topological polar surface area (TPSA) is 82.1 Å². The van der Waals surface area contributed by atoms with Gasteiger partial charge in [-0.15, -0.1) is 0 Å². The summed E-state index contributed by atoms with van der Waals surface area (Å²) in [5.41, 5.74) is 0. The molecule has 0 spiro atoms. The fourth-order valence-electron chi connectivity index (χ4n) is 0.211. The summed E-state index contributed by atoms with van der Waals surface area (Å²) in [7, 11) is -4.12. The van der Waals surface area contributed by atoms with E-state index in [1.165, 1.54) is 6.08 Å². The van der Waals surface area contributed by atoms with Crippen LogP contribution in [-0.4, -0.2) is 17.5 Å². The van der Waals surface area contributed by atoms with Gasteiger partial charge < -0.3 is 9.63 Å². The maximum absolute atomic E-state index is 10.2. The Bertz CT molecular complexity index is 248. The monoisotopic (exact) mass is 278 g/mol. The molecule has 0 heterocycles. The molecule has 0 atom stereocenters. The number of ether oxygens (including phenoxy) is 1. The summed E-state index contributed by atoms with van der Waals surface area (Å²) in [4.78, 5) is 18.2. The second-order valence-corrected chi connectivity index (χ2v) is 3.77. The Hall–Kier alpha value is -0.360. The van der Waals surface area contributed by atoms with Crippen LogP contribution >= 0.6 is 31.6 Å². The number of hydrogen-bond acceptors (Lipinski definition) is 5. The van der Waals surface area contributed by atoms with Crippen molar-refractivity contribution in [3.8, 4) is 0 Å². The summed E-state index contributed by atoms with van der Waals surface area (Å²) < 4.78 is 20.9. The van der Waals surface area contributed by atoms with Gasteiger partial charge in [0.1, 0.15) is 6.61 Å². The van der Waals surface area contributed by atoms with Crippen LogP contribution in [-0.2, 0) is 22.2 Å². The van der Waals surface area contributed by atoms with Crippen molar-refractivity contribution in [2.45, 2.75) is 0 Å². The molecule has 9 heteroatoms. The lowest BCUT2D eigenvalue weighted by Gasteiger charge is -1.95. The predicted molar refractivity (Wildman–Crippen MR) is 55.1 cm³/mol. The minimum atomic E-state index is -4.12. The van der Waals surface area contributed by atoms with Crippen LogP contribution in [0.25, 0.3) is 0 Å². The van der Waals surface area contributed by atoms with Crippen LogP contribution < -0.4 is 0 Å². The second-order valence-electron chi connectivity index (χ2n) is 1.73. The highest BCUT2D eigenvalue weighted by Crippen LogP contribution is 2.45. The zero-order chi connectivity index (χ0) is 12.3. The Morgan fingerprint density at radius 2 is 1.87 bits per heavy atom. The van der Waals surface area contributed by atoms with Crippen LogP contribution in [0.4, 0.5) is 0 Å². The van der Waals surface area contributed by atoms with Crippen molar-refractivity contribution in [3.63, 3.8) is 0 Å². The number of carbonyl (C=O) groups is 1. The lowest BCUT2D eigenvalue weighted by molar-refractivity contribution is -0.136. The van der Waals surface area contributed by atoms with Crippen molar-refractivity contribution in [1.82, 2.24) is 0 Å². The number of carbonyl (C=O) groups excluding carboxylic acids is 1. The van der Waals surface area contributed by atoms with Gasteiger partial charge in [-0.25, -0.2) is 9.36 Å². The van der Waals surface area contributed by atoms with Gasteiger partial charge in [0, 0.05) is 6.08 Å². The lowest BCUT2D eigenvalue weighted by Crippen LogP contribution is -1.98. The molecule has 15 heavy (non-hydrogen) atoms. The third-order valence-corrected chi connectivity index (χ3v) is 2.08. The molecular formula is C6H9Cl2O6P. The SMILES string of the molecule is C=CCOC(=O)C=C.O=P(O)(OCl)OCl. The number of hydrogen-bond donors (Lipinski definition) is 1. The Morgan fingerprint density at radius 1 is 1.40 bits per heavy atom. The first kappa shape index (κ1) is 17.0. The molecule has 0 bridgehead atoms. The molecule has 0 amide bonds. The van der Waals surface area contributed by atoms with E-state index in [-0.39, 0.29) is 6.61 Å². The first-order valence-electron chi connectivity index (χ1n) is 3.27. The Morgan fingerprint density at radius 3 is 2.07 bits per heavy atom. The molecule has 0 saturated carbocycles. The van der Waals surface area contributed by atoms with Gasteiger partial charge in [-0.05, 0) is 0 Å². The normalized spacial score (nSPS) is 9.53. The summed E-state index contributed by atoms with van der Waals surface area (Å²) in [6.07, 6.45) is 2.62. The van der Waals surface area contributed by atoms with Crippen LogP contribution in [0.15, 0.2) is 25.3 Å². The summed E-state index contributed by atoms with van der Waals surface area (Å²) >= 11 is 8.74. The van der Waals surface area contributed by atoms with Gasteiger partial charge in [0.2, 0.25) is 0 Å². The van der Waals surface area contributed by atoms with Crippen molar-refractivity contribution in [2.24, 2.45) is 0 Å². The fourth-order valence-corrected chi connectivity index (χ4v) is 0.487. The predicted octanol–water partition coefficient (Wildman–Crippen LogP) is 2.33. The van der Waals surface area contributed by atoms with Gasteiger partial charge >= 0.3 is 13.8 Å². The largest absolute Gasteiger partial charge is 0.505 e. The van der Waals surface area contributed by atoms with E-state index in [1.807, 2.05) is 0 Å². The molecule has 0 aliphatic carbocycles. The molecule has 0 aromatic carbocycles. The summed E-state index contributed by atoms with van der Waals surface area (Å²) in [6, 6.07) is 0. The van der Waals surface area contributed by atoms with Crippen molar-refractivity contribution in [2.75, 3.05) is 6.61 Å². The smallest absolute Gasteiger partial charge is 0.458 e. The van der Waals surface area contributed by atoms with Crippen molar-refractivity contribution in [1.29, 1.82) is 0 Å². The molecule has 0 radical (unpaired) electrons. The molecule has 0 unspecified atom stereocenters. The van der Waals surface area contributed by atoms with Crippen molar-refractivity contribution in [3.05, 3.63) is 25.3 Å². The molecule has 0 aromatic rings. The highest BCUT2D eigenvalue weighted by Gasteiger charge is 2.18. The van der Waals surface area contributed by atoms with Crippen LogP contribution in [0, 0.1) is 0 Å². The van der Waals surface area contributed by atoms with Gasteiger partial charge in [0.05, 0.1) is 23.7 Å². The number of rotatable bonds is 5. The van der Waals surface area contributed by atoms with E-state index in [0.29, 0.717) is 0 Å². The van der Waals surface area contributed by atoms with E-state index in [9.17, 15) is 9.36 Å². The van der Waals surface area contributed by atoms with Gasteiger partial charge in [0.15, 0.2) is 0 Å². The zero-order valence-corrected chi connectivity index (χ0v) is 9.87. The number of esters is 1. The van der Waals surface area contributed by atoms with Gasteiger partial charge in [0.25, 0.3) is 0 Å². The number of phosphoric acid groups is 1. The molecule has 0 aromatic heterocycles. The first-order chi connectivity index (χ1) is 6.93. The minimum Gasteiger partial charge on any atom is -0.458 e. The Kier molecular flexibility index (Phi) is 11.6. The average Bonchev–Trinajstić information content (AvgIpc) is 2.26. The van der Waals surface area contributed by atoms with Gasteiger partial charge in [-0.3, -0.25) is 0 Å². The molecule has 0 aliphatic heterocycles. The molecule has 0 fully saturated rings. The highest BCUT2D eigenvalue weighted by molar-refractivity contribution is 7.49. The van der Waals surface area contributed by atoms with E-state index in [2.05, 4.69) is 49.8 Å². The summed E-state index contributed by atoms with van der Waals surface area (Å²) in [5, 5.41) is 0. The van der Waals surface area contributed by atoms with E-state index < -0.39 is 13.8 Å². The molecular weight excluding hydrogens is 270 g/mol. The minimum absolute atomic E-state index is 0.255. The van der Waals surface area contributed by atoms with Crippen LogP contribution in [0.5, 0.6) is 0 Å². The van der Waals surface area contributed by atoms with Gasteiger partial charge in [-0.1, -0.05) is 19.2 Å². The fraction of sp³-hybridized carbons (Fsp3) is 0.167. The molecule has 6 nitrogen and oxygen atoms in total. The molecule has 88 valence electrons. The lowest BCUT2D eigenvalue weighted by atomic mass is 10.6. The van der Waals surface area contributed by atoms with Crippen LogP contribution in [0.3, 0.4) is 0 Å². The molecule has 1 N–H and O–H groups in total. The maximum atomic E-state index is 10.2. The van der Waals surface area contributed by atoms with E-state index in [0.717, 1.165) is 6.08 Å². The molecule has 0 saturated heterocycles. The second kappa shape index (κ2) is 10.2. The zero-order valence-electron chi connectivity index (χ0n) is 7.47. The average molecular weight is 279 g/mol. The van der Waals surface area contributed by atoms with Crippen LogP contribution in [0.1, 0.15) is 0 Å². The van der Waals surface area contributed by atoms with Crippen LogP contribution in [0.2, 0.25) is 0 Å². The number of halogens is 2. The van der Waals surface area contributed by atoms with Gasteiger partial charge in [-0.2, -0.15) is 8.15 Å². The quantitative estimate of drug-likeness (QED) is 0.360. The maximum Gasteiger partial charge on any atom is 0.505 e. The third-order valence-electron chi connectivity index (χ3n) is 0.685. The molecule has 0 rings (SSSR count). The van der Waals surface area contributed by atoms with E-state index in [1.54, 1.807) is 0 Å². The van der Waals surface area contributed by atoms with Crippen molar-refractivity contribution < 1.29 is 27.1 Å². The van der Waals surface area contributed by atoms with E-state index >= 15 is 0 Å². The van der Waals surface area contributed by atoms with Crippen molar-refractivity contribution >= 4 is 37.5 Å². The Balaban J connectivity index is 0. The first-order valence-corrected chi connectivity index (χ1v) is 5.38. The summed E-state index contributed by atoms with van der Waals surface area (Å²) in [5.74, 6) is -0.412. The Labute approximate surface area is 97.0 Å². The molecule has 0 aliphatic rings.